The van der Waals surface area contributed by atoms with E-state index in [0.717, 1.165) is 16.7 Å². The quantitative estimate of drug-likeness (QED) is 0.869. The summed E-state index contributed by atoms with van der Waals surface area (Å²) >= 11 is 0. The van der Waals surface area contributed by atoms with Gasteiger partial charge in [-0.15, -0.1) is 0 Å². The minimum absolute atomic E-state index is 0.00406. The van der Waals surface area contributed by atoms with Crippen LogP contribution in [0.5, 0.6) is 0 Å². The smallest absolute Gasteiger partial charge is 0.212 e. The van der Waals surface area contributed by atoms with Crippen LogP contribution < -0.4 is 4.72 Å². The minimum atomic E-state index is -3.39. The molecule has 0 amide bonds. The normalized spacial score (nSPS) is 13.7. The molecule has 0 aromatic heterocycles. The topological polar surface area (TPSA) is 46.2 Å². The van der Waals surface area contributed by atoms with Crippen LogP contribution in [-0.4, -0.2) is 8.42 Å². The lowest BCUT2D eigenvalue weighted by Crippen LogP contribution is -2.28. The number of nitrogens with one attached hydrogen (secondary N) is 1. The number of hydrogen-bond donors (Lipinski definition) is 1. The predicted molar refractivity (Wildman–Crippen MR) is 100 cm³/mol. The Labute approximate surface area is 146 Å². The minimum Gasteiger partial charge on any atom is -0.212 e. The Kier molecular flexibility index (Phi) is 5.51. The molecule has 2 aromatic carbocycles. The monoisotopic (exact) mass is 345 g/mol. The number of rotatable bonds is 5. The molecule has 0 spiro atoms. The summed E-state index contributed by atoms with van der Waals surface area (Å²) in [4.78, 5) is 0. The van der Waals surface area contributed by atoms with E-state index in [-0.39, 0.29) is 17.2 Å². The Balaban J connectivity index is 2.10. The molecule has 0 fully saturated rings. The van der Waals surface area contributed by atoms with Crippen molar-refractivity contribution in [1.29, 1.82) is 0 Å². The molecule has 0 saturated carbocycles. The van der Waals surface area contributed by atoms with Crippen molar-refractivity contribution in [3.63, 3.8) is 0 Å². The van der Waals surface area contributed by atoms with Crippen molar-refractivity contribution in [3.8, 4) is 0 Å². The third-order valence-corrected chi connectivity index (χ3v) is 5.64. The van der Waals surface area contributed by atoms with Crippen LogP contribution in [0.25, 0.3) is 0 Å². The van der Waals surface area contributed by atoms with Crippen molar-refractivity contribution in [2.75, 3.05) is 0 Å². The highest BCUT2D eigenvalue weighted by molar-refractivity contribution is 7.88. The molecule has 1 unspecified atom stereocenters. The van der Waals surface area contributed by atoms with Gasteiger partial charge in [-0.3, -0.25) is 0 Å². The summed E-state index contributed by atoms with van der Waals surface area (Å²) in [6.07, 6.45) is 0. The van der Waals surface area contributed by atoms with E-state index in [9.17, 15) is 8.42 Å². The van der Waals surface area contributed by atoms with Gasteiger partial charge < -0.3 is 0 Å². The Morgan fingerprint density at radius 1 is 1.00 bits per heavy atom. The highest BCUT2D eigenvalue weighted by atomic mass is 32.2. The summed E-state index contributed by atoms with van der Waals surface area (Å²) in [5.41, 5.74) is 4.12. The van der Waals surface area contributed by atoms with Gasteiger partial charge in [0.1, 0.15) is 0 Å². The van der Waals surface area contributed by atoms with Gasteiger partial charge in [-0.1, -0.05) is 69.3 Å². The second kappa shape index (κ2) is 7.08. The molecule has 0 radical (unpaired) electrons. The first-order chi connectivity index (χ1) is 11.1. The van der Waals surface area contributed by atoms with Crippen molar-refractivity contribution < 1.29 is 8.42 Å². The lowest BCUT2D eigenvalue weighted by molar-refractivity contribution is 0.565. The molecule has 2 aromatic rings. The molecule has 1 atom stereocenters. The zero-order chi connectivity index (χ0) is 18.0. The van der Waals surface area contributed by atoms with Crippen LogP contribution in [0.2, 0.25) is 0 Å². The summed E-state index contributed by atoms with van der Waals surface area (Å²) in [6, 6.07) is 15.5. The molecule has 24 heavy (non-hydrogen) atoms. The Morgan fingerprint density at radius 2 is 1.58 bits per heavy atom. The van der Waals surface area contributed by atoms with Gasteiger partial charge in [0, 0.05) is 6.04 Å². The second-order valence-corrected chi connectivity index (χ2v) is 9.15. The Bertz CT molecular complexity index is 787. The van der Waals surface area contributed by atoms with Crippen molar-refractivity contribution in [2.24, 2.45) is 0 Å². The lowest BCUT2D eigenvalue weighted by atomic mass is 9.86. The third kappa shape index (κ3) is 4.92. The molecule has 130 valence electrons. The van der Waals surface area contributed by atoms with Gasteiger partial charge in [0.15, 0.2) is 0 Å². The van der Waals surface area contributed by atoms with Crippen LogP contribution >= 0.6 is 0 Å². The van der Waals surface area contributed by atoms with Gasteiger partial charge in [0.2, 0.25) is 10.0 Å². The summed E-state index contributed by atoms with van der Waals surface area (Å²) < 4.78 is 27.7. The number of hydrogen-bond acceptors (Lipinski definition) is 2. The van der Waals surface area contributed by atoms with E-state index in [2.05, 4.69) is 37.6 Å². The van der Waals surface area contributed by atoms with Gasteiger partial charge in [-0.05, 0) is 41.5 Å². The van der Waals surface area contributed by atoms with Crippen molar-refractivity contribution in [2.45, 2.75) is 51.8 Å². The van der Waals surface area contributed by atoms with E-state index in [1.165, 1.54) is 5.56 Å². The summed E-state index contributed by atoms with van der Waals surface area (Å²) in [6.45, 7) is 10.3. The summed E-state index contributed by atoms with van der Waals surface area (Å²) in [5.74, 6) is 0.00406. The van der Waals surface area contributed by atoms with E-state index >= 15 is 0 Å². The van der Waals surface area contributed by atoms with Gasteiger partial charge in [0.05, 0.1) is 5.75 Å². The van der Waals surface area contributed by atoms with Gasteiger partial charge in [0.25, 0.3) is 0 Å². The maximum atomic E-state index is 12.5. The maximum absolute atomic E-state index is 12.5. The molecular weight excluding hydrogens is 318 g/mol. The second-order valence-electron chi connectivity index (χ2n) is 7.40. The summed E-state index contributed by atoms with van der Waals surface area (Å²) in [7, 11) is -3.39. The molecule has 3 nitrogen and oxygen atoms in total. The first-order valence-electron chi connectivity index (χ1n) is 8.23. The fourth-order valence-corrected chi connectivity index (χ4v) is 4.12. The van der Waals surface area contributed by atoms with Crippen LogP contribution in [-0.2, 0) is 21.2 Å². The first kappa shape index (κ1) is 18.7. The molecule has 0 aliphatic rings. The first-order valence-corrected chi connectivity index (χ1v) is 9.89. The van der Waals surface area contributed by atoms with Crippen LogP contribution in [0.15, 0.2) is 48.5 Å². The molecule has 1 N–H and O–H groups in total. The predicted octanol–water partition coefficient (Wildman–Crippen LogP) is 4.47. The number of aryl methyl sites for hydroxylation is 1. The van der Waals surface area contributed by atoms with E-state index in [4.69, 9.17) is 0 Å². The molecule has 0 aliphatic carbocycles. The van der Waals surface area contributed by atoms with E-state index in [1.54, 1.807) is 0 Å². The van der Waals surface area contributed by atoms with E-state index < -0.39 is 10.0 Å². The van der Waals surface area contributed by atoms with Crippen molar-refractivity contribution >= 4 is 10.0 Å². The highest BCUT2D eigenvalue weighted by Crippen LogP contribution is 2.24. The molecule has 2 rings (SSSR count). The average Bonchev–Trinajstić information content (AvgIpc) is 2.48. The number of benzene rings is 2. The van der Waals surface area contributed by atoms with E-state index in [0.29, 0.717) is 0 Å². The van der Waals surface area contributed by atoms with Gasteiger partial charge in [-0.25, -0.2) is 13.1 Å². The molecule has 0 saturated heterocycles. The SMILES string of the molecule is Cc1ccccc1CS(=O)(=O)NC(C)c1ccc(C(C)(C)C)cc1. The number of sulfonamides is 1. The Morgan fingerprint density at radius 3 is 2.12 bits per heavy atom. The molecule has 4 heteroatoms. The van der Waals surface area contributed by atoms with Crippen molar-refractivity contribution in [3.05, 3.63) is 70.8 Å². The largest absolute Gasteiger partial charge is 0.216 e. The van der Waals surface area contributed by atoms with Crippen molar-refractivity contribution in [1.82, 2.24) is 4.72 Å². The molecular formula is C20H27NO2S. The maximum Gasteiger partial charge on any atom is 0.216 e. The molecule has 0 heterocycles. The highest BCUT2D eigenvalue weighted by Gasteiger charge is 2.18. The Hall–Kier alpha value is -1.65. The van der Waals surface area contributed by atoms with E-state index in [1.807, 2.05) is 50.2 Å². The standard InChI is InChI=1S/C20H27NO2S/c1-15-8-6-7-9-18(15)14-24(22,23)21-16(2)17-10-12-19(13-11-17)20(3,4)5/h6-13,16,21H,14H2,1-5H3. The zero-order valence-electron chi connectivity index (χ0n) is 15.1. The summed E-state index contributed by atoms with van der Waals surface area (Å²) in [5, 5.41) is 0. The van der Waals surface area contributed by atoms with Crippen LogP contribution in [0.3, 0.4) is 0 Å². The molecule has 0 bridgehead atoms. The molecule has 0 aliphatic heterocycles. The fourth-order valence-electron chi connectivity index (χ4n) is 2.63. The van der Waals surface area contributed by atoms with Crippen LogP contribution in [0.4, 0.5) is 0 Å². The lowest BCUT2D eigenvalue weighted by Gasteiger charge is -2.21. The van der Waals surface area contributed by atoms with Crippen LogP contribution in [0, 0.1) is 6.92 Å². The average molecular weight is 346 g/mol. The third-order valence-electron chi connectivity index (χ3n) is 4.24. The fraction of sp³-hybridized carbons (Fsp3) is 0.400. The van der Waals surface area contributed by atoms with Gasteiger partial charge >= 0.3 is 0 Å². The van der Waals surface area contributed by atoms with Gasteiger partial charge in [-0.2, -0.15) is 0 Å². The zero-order valence-corrected chi connectivity index (χ0v) is 15.9. The van der Waals surface area contributed by atoms with Crippen LogP contribution in [0.1, 0.15) is 56.0 Å².